The van der Waals surface area contributed by atoms with Gasteiger partial charge in [0.25, 0.3) is 0 Å². The van der Waals surface area contributed by atoms with Gasteiger partial charge in [-0.25, -0.2) is 4.99 Å². The third kappa shape index (κ3) is 3.75. The molecule has 0 aromatic rings. The minimum atomic E-state index is 0.422. The van der Waals surface area contributed by atoms with Crippen LogP contribution in [-0.4, -0.2) is 25.4 Å². The molecule has 3 heteroatoms. The highest BCUT2D eigenvalue weighted by molar-refractivity contribution is 6.08. The number of hydrogen-bond donors (Lipinski definition) is 0. The van der Waals surface area contributed by atoms with E-state index in [2.05, 4.69) is 23.8 Å². The minimum Gasteiger partial charge on any atom is -0.267 e. The average Bonchev–Trinajstić information content (AvgIpc) is 2.03. The van der Waals surface area contributed by atoms with Crippen molar-refractivity contribution in [1.29, 1.82) is 0 Å². The quantitative estimate of drug-likeness (QED) is 0.464. The molecule has 0 fully saturated rings. The summed E-state index contributed by atoms with van der Waals surface area (Å²) in [4.78, 5) is 8.92. The van der Waals surface area contributed by atoms with Crippen LogP contribution in [0.3, 0.4) is 0 Å². The summed E-state index contributed by atoms with van der Waals surface area (Å²) < 4.78 is 0. The molecule has 1 aliphatic heterocycles. The molecule has 0 saturated carbocycles. The van der Waals surface area contributed by atoms with Gasteiger partial charge in [-0.15, -0.1) is 0 Å². The first-order valence-corrected chi connectivity index (χ1v) is 5.03. The summed E-state index contributed by atoms with van der Waals surface area (Å²) in [7, 11) is 5.42. The monoisotopic (exact) mass is 176 g/mol. The third-order valence-electron chi connectivity index (χ3n) is 2.13. The lowest BCUT2D eigenvalue weighted by molar-refractivity contribution is 0.746. The highest BCUT2D eigenvalue weighted by atomic mass is 15.0. The van der Waals surface area contributed by atoms with Gasteiger partial charge in [0.1, 0.15) is 5.84 Å². The maximum Gasteiger partial charge on any atom is 0.123 e. The van der Waals surface area contributed by atoms with E-state index in [1.165, 1.54) is 5.71 Å². The minimum absolute atomic E-state index is 0.422. The van der Waals surface area contributed by atoms with Gasteiger partial charge in [0, 0.05) is 18.6 Å². The van der Waals surface area contributed by atoms with Crippen molar-refractivity contribution < 1.29 is 0 Å². The number of aliphatic imine (C=N–C) groups is 2. The SMILES string of the molecule is [B]CCCCC1=NC(C)CC(C)=N1. The van der Waals surface area contributed by atoms with Crippen LogP contribution >= 0.6 is 0 Å². The molecule has 2 radical (unpaired) electrons. The molecule has 70 valence electrons. The second-order valence-corrected chi connectivity index (χ2v) is 3.69. The van der Waals surface area contributed by atoms with Gasteiger partial charge in [-0.2, -0.15) is 0 Å². The topological polar surface area (TPSA) is 24.7 Å². The van der Waals surface area contributed by atoms with Gasteiger partial charge in [0.15, 0.2) is 0 Å². The van der Waals surface area contributed by atoms with E-state index in [4.69, 9.17) is 7.85 Å². The Morgan fingerprint density at radius 2 is 2.23 bits per heavy atom. The Hall–Kier alpha value is -0.595. The predicted molar refractivity (Wildman–Crippen MR) is 59.0 cm³/mol. The van der Waals surface area contributed by atoms with Crippen molar-refractivity contribution in [2.45, 2.75) is 51.9 Å². The molecule has 2 nitrogen and oxygen atoms in total. The van der Waals surface area contributed by atoms with Crippen LogP contribution in [0.15, 0.2) is 9.98 Å². The summed E-state index contributed by atoms with van der Waals surface area (Å²) >= 11 is 0. The van der Waals surface area contributed by atoms with E-state index in [0.29, 0.717) is 6.04 Å². The molecular formula is C10H17BN2. The molecule has 0 amide bonds. The van der Waals surface area contributed by atoms with E-state index >= 15 is 0 Å². The fraction of sp³-hybridized carbons (Fsp3) is 0.800. The number of nitrogens with zero attached hydrogens (tertiary/aromatic N) is 2. The zero-order chi connectivity index (χ0) is 9.68. The van der Waals surface area contributed by atoms with Gasteiger partial charge in [0.2, 0.25) is 0 Å². The molecule has 0 aromatic carbocycles. The van der Waals surface area contributed by atoms with E-state index in [-0.39, 0.29) is 0 Å². The first-order valence-electron chi connectivity index (χ1n) is 5.03. The molecule has 1 aliphatic rings. The molecule has 1 unspecified atom stereocenters. The Morgan fingerprint density at radius 3 is 2.85 bits per heavy atom. The van der Waals surface area contributed by atoms with Crippen LogP contribution in [0.4, 0.5) is 0 Å². The molecule has 0 aromatic heterocycles. The first kappa shape index (κ1) is 10.5. The molecular weight excluding hydrogens is 159 g/mol. The molecule has 1 rings (SSSR count). The summed E-state index contributed by atoms with van der Waals surface area (Å²) in [6, 6.07) is 0.422. The highest BCUT2D eigenvalue weighted by Gasteiger charge is 2.10. The molecule has 0 bridgehead atoms. The normalized spacial score (nSPS) is 22.5. The largest absolute Gasteiger partial charge is 0.267 e. The Balaban J connectivity index is 2.40. The van der Waals surface area contributed by atoms with Crippen LogP contribution in [0, 0.1) is 0 Å². The van der Waals surface area contributed by atoms with E-state index in [1.807, 2.05) is 0 Å². The van der Waals surface area contributed by atoms with E-state index < -0.39 is 0 Å². The lowest BCUT2D eigenvalue weighted by atomic mass is 9.99. The maximum atomic E-state index is 5.42. The van der Waals surface area contributed by atoms with E-state index in [1.54, 1.807) is 0 Å². The van der Waals surface area contributed by atoms with E-state index in [9.17, 15) is 0 Å². The second-order valence-electron chi connectivity index (χ2n) is 3.69. The van der Waals surface area contributed by atoms with Crippen LogP contribution < -0.4 is 0 Å². The van der Waals surface area contributed by atoms with Crippen molar-refractivity contribution in [1.82, 2.24) is 0 Å². The molecule has 0 aliphatic carbocycles. The van der Waals surface area contributed by atoms with Crippen molar-refractivity contribution in [3.8, 4) is 0 Å². The standard InChI is InChI=1S/C10H17BN2/c1-8-7-9(2)13-10(12-8)5-3-4-6-11/h8H,3-7H2,1-2H3. The van der Waals surface area contributed by atoms with Crippen LogP contribution in [0.1, 0.15) is 39.5 Å². The number of hydrogen-bond acceptors (Lipinski definition) is 2. The van der Waals surface area contributed by atoms with Crippen LogP contribution in [-0.2, 0) is 0 Å². The van der Waals surface area contributed by atoms with Gasteiger partial charge in [0.05, 0.1) is 13.9 Å². The maximum absolute atomic E-state index is 5.42. The van der Waals surface area contributed by atoms with Crippen molar-refractivity contribution in [2.24, 2.45) is 9.98 Å². The number of unbranched alkanes of at least 4 members (excludes halogenated alkanes) is 1. The van der Waals surface area contributed by atoms with Crippen molar-refractivity contribution in [3.05, 3.63) is 0 Å². The summed E-state index contributed by atoms with van der Waals surface area (Å²) in [5.74, 6) is 1.02. The fourth-order valence-corrected chi connectivity index (χ4v) is 1.57. The van der Waals surface area contributed by atoms with Gasteiger partial charge >= 0.3 is 0 Å². The molecule has 1 heterocycles. The lowest BCUT2D eigenvalue weighted by Gasteiger charge is -2.14. The zero-order valence-electron chi connectivity index (χ0n) is 8.58. The highest BCUT2D eigenvalue weighted by Crippen LogP contribution is 2.11. The molecule has 13 heavy (non-hydrogen) atoms. The summed E-state index contributed by atoms with van der Waals surface area (Å²) in [5, 5.41) is 0. The van der Waals surface area contributed by atoms with Crippen molar-refractivity contribution in [2.75, 3.05) is 0 Å². The predicted octanol–water partition coefficient (Wildman–Crippen LogP) is 2.40. The van der Waals surface area contributed by atoms with Gasteiger partial charge < -0.3 is 0 Å². The van der Waals surface area contributed by atoms with Crippen LogP contribution in [0.2, 0.25) is 6.32 Å². The summed E-state index contributed by atoms with van der Waals surface area (Å²) in [5.41, 5.74) is 1.21. The first-order chi connectivity index (χ1) is 6.22. The Bertz CT molecular complexity index is 221. The lowest BCUT2D eigenvalue weighted by Crippen LogP contribution is -2.15. The van der Waals surface area contributed by atoms with Crippen LogP contribution in [0.5, 0.6) is 0 Å². The summed E-state index contributed by atoms with van der Waals surface area (Å²) in [6.45, 7) is 4.22. The van der Waals surface area contributed by atoms with E-state index in [0.717, 1.165) is 37.8 Å². The second kappa shape index (κ2) is 5.20. The molecule has 0 saturated heterocycles. The summed E-state index contributed by atoms with van der Waals surface area (Å²) in [6.07, 6.45) is 4.95. The zero-order valence-corrected chi connectivity index (χ0v) is 8.58. The Kier molecular flexibility index (Phi) is 4.20. The van der Waals surface area contributed by atoms with Gasteiger partial charge in [-0.1, -0.05) is 12.7 Å². The van der Waals surface area contributed by atoms with Crippen LogP contribution in [0.25, 0.3) is 0 Å². The molecule has 0 N–H and O–H groups in total. The van der Waals surface area contributed by atoms with Crippen molar-refractivity contribution in [3.63, 3.8) is 0 Å². The Morgan fingerprint density at radius 1 is 1.46 bits per heavy atom. The third-order valence-corrected chi connectivity index (χ3v) is 2.13. The number of rotatable bonds is 4. The average molecular weight is 176 g/mol. The number of amidine groups is 1. The van der Waals surface area contributed by atoms with Gasteiger partial charge in [-0.3, -0.25) is 4.99 Å². The van der Waals surface area contributed by atoms with Gasteiger partial charge in [-0.05, 0) is 20.3 Å². The fourth-order valence-electron chi connectivity index (χ4n) is 1.57. The van der Waals surface area contributed by atoms with Crippen molar-refractivity contribution >= 4 is 19.4 Å². The Labute approximate surface area is 82.0 Å². The smallest absolute Gasteiger partial charge is 0.123 e. The molecule has 0 spiro atoms. The molecule has 1 atom stereocenters.